The molecule has 1 aromatic heterocycles. The number of nitrogens with one attached hydrogen (secondary N) is 1. The molecule has 1 amide bonds. The largest absolute Gasteiger partial charge is 0.352 e. The van der Waals surface area contributed by atoms with Gasteiger partial charge in [-0.2, -0.15) is 0 Å². The Morgan fingerprint density at radius 2 is 1.89 bits per heavy atom. The second kappa shape index (κ2) is 8.38. The minimum atomic E-state index is -0.115. The zero-order valence-electron chi connectivity index (χ0n) is 17.0. The molecule has 0 aliphatic carbocycles. The van der Waals surface area contributed by atoms with Gasteiger partial charge in [-0.05, 0) is 69.9 Å². The molecule has 0 unspecified atom stereocenters. The first kappa shape index (κ1) is 19.8. The molecule has 1 heterocycles. The van der Waals surface area contributed by atoms with E-state index in [1.54, 1.807) is 29.7 Å². The highest BCUT2D eigenvalue weighted by Crippen LogP contribution is 2.14. The lowest BCUT2D eigenvalue weighted by Crippen LogP contribution is -2.26. The van der Waals surface area contributed by atoms with Gasteiger partial charge in [-0.25, -0.2) is 4.98 Å². The molecule has 28 heavy (non-hydrogen) atoms. The second-order valence-electron chi connectivity index (χ2n) is 7.24. The average Bonchev–Trinajstić information content (AvgIpc) is 2.67. The molecule has 0 saturated carbocycles. The van der Waals surface area contributed by atoms with E-state index >= 15 is 0 Å². The van der Waals surface area contributed by atoms with Crippen molar-refractivity contribution in [2.24, 2.45) is 0 Å². The van der Waals surface area contributed by atoms with Gasteiger partial charge in [0.05, 0.1) is 11.0 Å². The van der Waals surface area contributed by atoms with Gasteiger partial charge in [0.1, 0.15) is 5.69 Å². The Morgan fingerprint density at radius 3 is 2.61 bits per heavy atom. The number of aromatic nitrogens is 2. The Morgan fingerprint density at radius 1 is 1.11 bits per heavy atom. The van der Waals surface area contributed by atoms with Crippen molar-refractivity contribution >= 4 is 16.9 Å². The van der Waals surface area contributed by atoms with Crippen molar-refractivity contribution in [2.75, 3.05) is 6.54 Å². The van der Waals surface area contributed by atoms with E-state index in [9.17, 15) is 9.59 Å². The molecule has 5 heteroatoms. The van der Waals surface area contributed by atoms with Crippen LogP contribution in [0.25, 0.3) is 11.0 Å². The van der Waals surface area contributed by atoms with Crippen LogP contribution in [-0.2, 0) is 13.0 Å². The van der Waals surface area contributed by atoms with Gasteiger partial charge in [0, 0.05) is 18.7 Å². The van der Waals surface area contributed by atoms with Crippen molar-refractivity contribution in [2.45, 2.75) is 47.1 Å². The van der Waals surface area contributed by atoms with E-state index in [0.717, 1.165) is 18.4 Å². The molecule has 0 atom stereocenters. The maximum atomic E-state index is 12.5. The van der Waals surface area contributed by atoms with Crippen LogP contribution >= 0.6 is 0 Å². The SMILES string of the molecule is CCn1c(=O)c(C)nc2cc(C(=O)NCCCc3ccc(C)cc3C)ccc21. The molecule has 0 aliphatic rings. The predicted molar refractivity (Wildman–Crippen MR) is 113 cm³/mol. The van der Waals surface area contributed by atoms with E-state index in [1.165, 1.54) is 16.7 Å². The summed E-state index contributed by atoms with van der Waals surface area (Å²) in [5.41, 5.74) is 6.23. The van der Waals surface area contributed by atoms with Gasteiger partial charge in [-0.1, -0.05) is 23.8 Å². The molecular formula is C23H27N3O2. The summed E-state index contributed by atoms with van der Waals surface area (Å²) in [6.07, 6.45) is 1.82. The first-order valence-corrected chi connectivity index (χ1v) is 9.76. The fourth-order valence-electron chi connectivity index (χ4n) is 3.54. The number of amides is 1. The summed E-state index contributed by atoms with van der Waals surface area (Å²) in [6.45, 7) is 9.04. The second-order valence-corrected chi connectivity index (χ2v) is 7.24. The Balaban J connectivity index is 1.66. The van der Waals surface area contributed by atoms with E-state index in [0.29, 0.717) is 29.9 Å². The van der Waals surface area contributed by atoms with Gasteiger partial charge in [0.15, 0.2) is 0 Å². The van der Waals surface area contributed by atoms with Crippen molar-refractivity contribution in [3.05, 3.63) is 74.7 Å². The van der Waals surface area contributed by atoms with Crippen molar-refractivity contribution < 1.29 is 4.79 Å². The monoisotopic (exact) mass is 377 g/mol. The summed E-state index contributed by atoms with van der Waals surface area (Å²) in [6, 6.07) is 11.8. The van der Waals surface area contributed by atoms with Crippen LogP contribution in [0.4, 0.5) is 0 Å². The first-order chi connectivity index (χ1) is 13.4. The Hall–Kier alpha value is -2.95. The quantitative estimate of drug-likeness (QED) is 0.666. The molecular weight excluding hydrogens is 350 g/mol. The molecule has 0 spiro atoms. The van der Waals surface area contributed by atoms with Gasteiger partial charge in [0.25, 0.3) is 11.5 Å². The zero-order chi connectivity index (χ0) is 20.3. The van der Waals surface area contributed by atoms with Crippen molar-refractivity contribution in [3.8, 4) is 0 Å². The summed E-state index contributed by atoms with van der Waals surface area (Å²) < 4.78 is 1.68. The van der Waals surface area contributed by atoms with Crippen LogP contribution in [0.2, 0.25) is 0 Å². The molecule has 0 aliphatic heterocycles. The van der Waals surface area contributed by atoms with Crippen LogP contribution in [0.1, 0.15) is 46.1 Å². The van der Waals surface area contributed by atoms with Crippen molar-refractivity contribution in [1.82, 2.24) is 14.9 Å². The minimum absolute atomic E-state index is 0.0846. The van der Waals surface area contributed by atoms with E-state index < -0.39 is 0 Å². The summed E-state index contributed by atoms with van der Waals surface area (Å²) in [5.74, 6) is -0.115. The van der Waals surface area contributed by atoms with Gasteiger partial charge in [-0.3, -0.25) is 9.59 Å². The maximum absolute atomic E-state index is 12.5. The number of fused-ring (bicyclic) bond motifs is 1. The van der Waals surface area contributed by atoms with E-state index in [-0.39, 0.29) is 11.5 Å². The number of nitrogens with zero attached hydrogens (tertiary/aromatic N) is 2. The summed E-state index contributed by atoms with van der Waals surface area (Å²) in [4.78, 5) is 29.1. The van der Waals surface area contributed by atoms with Gasteiger partial charge in [-0.15, -0.1) is 0 Å². The molecule has 0 radical (unpaired) electrons. The number of aryl methyl sites for hydroxylation is 5. The van der Waals surface area contributed by atoms with E-state index in [2.05, 4.69) is 42.3 Å². The third-order valence-corrected chi connectivity index (χ3v) is 5.09. The summed E-state index contributed by atoms with van der Waals surface area (Å²) >= 11 is 0. The smallest absolute Gasteiger partial charge is 0.272 e. The third kappa shape index (κ3) is 4.14. The number of rotatable bonds is 6. The predicted octanol–water partition coefficient (Wildman–Crippen LogP) is 3.70. The van der Waals surface area contributed by atoms with Crippen LogP contribution < -0.4 is 10.9 Å². The highest BCUT2D eigenvalue weighted by Gasteiger charge is 2.11. The minimum Gasteiger partial charge on any atom is -0.352 e. The van der Waals surface area contributed by atoms with Crippen molar-refractivity contribution in [3.63, 3.8) is 0 Å². The topological polar surface area (TPSA) is 64.0 Å². The Bertz CT molecular complexity index is 1080. The molecule has 1 N–H and O–H groups in total. The van der Waals surface area contributed by atoms with Crippen LogP contribution in [0.3, 0.4) is 0 Å². The first-order valence-electron chi connectivity index (χ1n) is 9.76. The third-order valence-electron chi connectivity index (χ3n) is 5.09. The molecule has 2 aromatic carbocycles. The Kier molecular flexibility index (Phi) is 5.93. The fourth-order valence-corrected chi connectivity index (χ4v) is 3.54. The van der Waals surface area contributed by atoms with Crippen LogP contribution in [0.15, 0.2) is 41.2 Å². The van der Waals surface area contributed by atoms with E-state index in [4.69, 9.17) is 0 Å². The summed E-state index contributed by atoms with van der Waals surface area (Å²) in [5, 5.41) is 2.98. The number of carbonyl (C=O) groups is 1. The molecule has 146 valence electrons. The standard InChI is InChI=1S/C23H27N3O2/c1-5-26-21-11-10-19(14-20(21)25-17(4)23(26)28)22(27)24-12-6-7-18-9-8-15(2)13-16(18)3/h8-11,13-14H,5-7,12H2,1-4H3,(H,24,27). The lowest BCUT2D eigenvalue weighted by atomic mass is 10.0. The van der Waals surface area contributed by atoms with Gasteiger partial charge >= 0.3 is 0 Å². The normalized spacial score (nSPS) is 11.0. The highest BCUT2D eigenvalue weighted by atomic mass is 16.1. The zero-order valence-corrected chi connectivity index (χ0v) is 17.0. The van der Waals surface area contributed by atoms with E-state index in [1.807, 2.05) is 6.92 Å². The van der Waals surface area contributed by atoms with Crippen LogP contribution in [-0.4, -0.2) is 22.0 Å². The fraction of sp³-hybridized carbons (Fsp3) is 0.348. The molecule has 3 rings (SSSR count). The Labute approximate surface area is 165 Å². The lowest BCUT2D eigenvalue weighted by Gasteiger charge is -2.11. The molecule has 3 aromatic rings. The average molecular weight is 377 g/mol. The number of benzene rings is 2. The van der Waals surface area contributed by atoms with Gasteiger partial charge < -0.3 is 9.88 Å². The maximum Gasteiger partial charge on any atom is 0.272 e. The number of carbonyl (C=O) groups excluding carboxylic acids is 1. The highest BCUT2D eigenvalue weighted by molar-refractivity contribution is 5.97. The molecule has 5 nitrogen and oxygen atoms in total. The number of hydrogen-bond acceptors (Lipinski definition) is 3. The summed E-state index contributed by atoms with van der Waals surface area (Å²) in [7, 11) is 0. The van der Waals surface area contributed by atoms with Crippen LogP contribution in [0.5, 0.6) is 0 Å². The lowest BCUT2D eigenvalue weighted by molar-refractivity contribution is 0.0953. The molecule has 0 fully saturated rings. The number of hydrogen-bond donors (Lipinski definition) is 1. The van der Waals surface area contributed by atoms with Crippen LogP contribution in [0, 0.1) is 20.8 Å². The molecule has 0 bridgehead atoms. The van der Waals surface area contributed by atoms with Gasteiger partial charge in [0.2, 0.25) is 0 Å². The molecule has 0 saturated heterocycles. The van der Waals surface area contributed by atoms with Crippen molar-refractivity contribution in [1.29, 1.82) is 0 Å².